The molecular weight excluding hydrogens is 324 g/mol. The molecule has 2 aromatic rings. The number of alkyl halides is 1. The lowest BCUT2D eigenvalue weighted by molar-refractivity contribution is 1.14. The van der Waals surface area contributed by atoms with Gasteiger partial charge in [-0.25, -0.2) is 0 Å². The molecule has 0 unspecified atom stereocenters. The van der Waals surface area contributed by atoms with E-state index in [1.54, 1.807) is 0 Å². The van der Waals surface area contributed by atoms with E-state index in [1.807, 2.05) is 11.3 Å². The van der Waals surface area contributed by atoms with Crippen LogP contribution in [-0.2, 0) is 11.8 Å². The van der Waals surface area contributed by atoms with Gasteiger partial charge in [0.1, 0.15) is 0 Å². The fourth-order valence-corrected chi connectivity index (χ4v) is 3.73. The van der Waals surface area contributed by atoms with Crippen molar-refractivity contribution in [3.63, 3.8) is 0 Å². The maximum absolute atomic E-state index is 3.62. The van der Waals surface area contributed by atoms with Crippen molar-refractivity contribution < 1.29 is 0 Å². The zero-order chi connectivity index (χ0) is 10.1. The van der Waals surface area contributed by atoms with Crippen molar-refractivity contribution in [2.24, 2.45) is 0 Å². The van der Waals surface area contributed by atoms with Gasteiger partial charge in [-0.15, -0.1) is 11.3 Å². The number of hydrogen-bond donors (Lipinski definition) is 0. The summed E-state index contributed by atoms with van der Waals surface area (Å²) < 4.78 is 2.60. The number of fused-ring (bicyclic) bond motifs is 1. The average Bonchev–Trinajstić information content (AvgIpc) is 2.61. The Morgan fingerprint density at radius 1 is 1.29 bits per heavy atom. The first-order chi connectivity index (χ1) is 6.74. The van der Waals surface area contributed by atoms with Gasteiger partial charge >= 0.3 is 0 Å². The van der Waals surface area contributed by atoms with Crippen LogP contribution in [0.25, 0.3) is 10.1 Å². The van der Waals surface area contributed by atoms with Gasteiger partial charge in [-0.3, -0.25) is 0 Å². The summed E-state index contributed by atoms with van der Waals surface area (Å²) in [5, 5.41) is 2.28. The van der Waals surface area contributed by atoms with Gasteiger partial charge in [0.2, 0.25) is 0 Å². The van der Waals surface area contributed by atoms with E-state index >= 15 is 0 Å². The number of thiophene rings is 1. The van der Waals surface area contributed by atoms with E-state index < -0.39 is 0 Å². The van der Waals surface area contributed by atoms with Crippen LogP contribution in [0.4, 0.5) is 0 Å². The molecule has 3 heteroatoms. The monoisotopic (exact) mass is 332 g/mol. The van der Waals surface area contributed by atoms with Crippen molar-refractivity contribution in [3.05, 3.63) is 33.1 Å². The van der Waals surface area contributed by atoms with Gasteiger partial charge in [-0.2, -0.15) is 0 Å². The van der Waals surface area contributed by atoms with Crippen molar-refractivity contribution >= 4 is 53.3 Å². The molecule has 0 bridgehead atoms. The van der Waals surface area contributed by atoms with Gasteiger partial charge < -0.3 is 0 Å². The first kappa shape index (κ1) is 10.7. The predicted octanol–water partition coefficient (Wildman–Crippen LogP) is 5.12. The Hall–Kier alpha value is 0.140. The molecule has 2 rings (SSSR count). The Morgan fingerprint density at radius 3 is 2.71 bits per heavy atom. The maximum Gasteiger partial charge on any atom is 0.0377 e. The molecule has 1 heterocycles. The van der Waals surface area contributed by atoms with Gasteiger partial charge in [0.05, 0.1) is 0 Å². The van der Waals surface area contributed by atoms with Crippen molar-refractivity contribution in [2.75, 3.05) is 0 Å². The molecule has 0 saturated carbocycles. The summed E-state index contributed by atoms with van der Waals surface area (Å²) in [6.07, 6.45) is 1.09. The highest BCUT2D eigenvalue weighted by molar-refractivity contribution is 9.10. The van der Waals surface area contributed by atoms with Crippen LogP contribution in [-0.4, -0.2) is 0 Å². The molecule has 1 aromatic carbocycles. The summed E-state index contributed by atoms with van der Waals surface area (Å²) >= 11 is 8.98. The minimum atomic E-state index is 0.945. The molecule has 0 aliphatic carbocycles. The molecule has 0 spiro atoms. The lowest BCUT2D eigenvalue weighted by Gasteiger charge is -1.98. The maximum atomic E-state index is 3.62. The summed E-state index contributed by atoms with van der Waals surface area (Å²) in [4.78, 5) is 1.38. The molecule has 14 heavy (non-hydrogen) atoms. The molecule has 0 atom stereocenters. The zero-order valence-corrected chi connectivity index (χ0v) is 11.8. The summed E-state index contributed by atoms with van der Waals surface area (Å²) in [5.74, 6) is 0. The Morgan fingerprint density at radius 2 is 2.07 bits per heavy atom. The van der Waals surface area contributed by atoms with E-state index in [4.69, 9.17) is 0 Å². The van der Waals surface area contributed by atoms with E-state index in [-0.39, 0.29) is 0 Å². The minimum absolute atomic E-state index is 0.945. The summed E-state index contributed by atoms with van der Waals surface area (Å²) in [5.41, 5.74) is 1.40. The van der Waals surface area contributed by atoms with Crippen molar-refractivity contribution in [1.29, 1.82) is 0 Å². The highest BCUT2D eigenvalue weighted by Gasteiger charge is 2.05. The second-order valence-electron chi connectivity index (χ2n) is 3.19. The van der Waals surface area contributed by atoms with Gasteiger partial charge in [-0.1, -0.05) is 38.8 Å². The number of benzene rings is 1. The van der Waals surface area contributed by atoms with Gasteiger partial charge in [0, 0.05) is 24.8 Å². The number of hydrogen-bond acceptors (Lipinski definition) is 1. The van der Waals surface area contributed by atoms with Gasteiger partial charge in [-0.05, 0) is 30.2 Å². The van der Waals surface area contributed by atoms with E-state index in [9.17, 15) is 0 Å². The number of halogens is 2. The van der Waals surface area contributed by atoms with Crippen molar-refractivity contribution in [3.8, 4) is 0 Å². The van der Waals surface area contributed by atoms with Gasteiger partial charge in [0.25, 0.3) is 0 Å². The molecule has 0 radical (unpaired) electrons. The topological polar surface area (TPSA) is 0 Å². The van der Waals surface area contributed by atoms with Crippen LogP contribution in [0.2, 0.25) is 0 Å². The summed E-state index contributed by atoms with van der Waals surface area (Å²) in [6.45, 7) is 2.19. The van der Waals surface area contributed by atoms with Crippen LogP contribution < -0.4 is 0 Å². The molecule has 0 aliphatic rings. The third kappa shape index (κ3) is 1.90. The van der Waals surface area contributed by atoms with Crippen LogP contribution in [0, 0.1) is 0 Å². The Kier molecular flexibility index (Phi) is 3.30. The standard InChI is InChI=1S/C11H10Br2S/c1-2-7-3-10(13)9-5-8(6-12)14-11(9)4-7/h3-5H,2,6H2,1H3. The largest absolute Gasteiger partial charge is 0.139 e. The normalized spacial score (nSPS) is 11.1. The zero-order valence-electron chi connectivity index (χ0n) is 7.81. The van der Waals surface area contributed by atoms with Crippen LogP contribution >= 0.6 is 43.2 Å². The molecule has 0 aliphatic heterocycles. The molecular formula is C11H10Br2S. The predicted molar refractivity (Wildman–Crippen MR) is 71.5 cm³/mol. The van der Waals surface area contributed by atoms with Crippen molar-refractivity contribution in [2.45, 2.75) is 18.7 Å². The third-order valence-electron chi connectivity index (χ3n) is 2.24. The molecule has 1 aromatic heterocycles. The molecule has 0 fully saturated rings. The Labute approximate surface area is 105 Å². The molecule has 74 valence electrons. The summed E-state index contributed by atoms with van der Waals surface area (Å²) in [6, 6.07) is 6.75. The summed E-state index contributed by atoms with van der Waals surface area (Å²) in [7, 11) is 0. The Balaban J connectivity index is 2.67. The molecule has 0 amide bonds. The average molecular weight is 334 g/mol. The SMILES string of the molecule is CCc1cc(Br)c2cc(CBr)sc2c1. The fourth-order valence-electron chi connectivity index (χ4n) is 1.47. The van der Waals surface area contributed by atoms with E-state index in [0.717, 1.165) is 11.8 Å². The van der Waals surface area contributed by atoms with Crippen molar-refractivity contribution in [1.82, 2.24) is 0 Å². The van der Waals surface area contributed by atoms with Crippen LogP contribution in [0.5, 0.6) is 0 Å². The quantitative estimate of drug-likeness (QED) is 0.669. The second kappa shape index (κ2) is 4.33. The lowest BCUT2D eigenvalue weighted by Crippen LogP contribution is -1.78. The smallest absolute Gasteiger partial charge is 0.0377 e. The molecule has 0 N–H and O–H groups in total. The van der Waals surface area contributed by atoms with Crippen LogP contribution in [0.1, 0.15) is 17.4 Å². The first-order valence-electron chi connectivity index (χ1n) is 4.51. The molecule has 0 saturated heterocycles. The van der Waals surface area contributed by atoms with E-state index in [0.29, 0.717) is 0 Å². The lowest BCUT2D eigenvalue weighted by atomic mass is 10.1. The third-order valence-corrected chi connectivity index (χ3v) is 4.95. The number of rotatable bonds is 2. The highest BCUT2D eigenvalue weighted by Crippen LogP contribution is 2.33. The Bertz CT molecular complexity index is 460. The van der Waals surface area contributed by atoms with Gasteiger partial charge in [0.15, 0.2) is 0 Å². The second-order valence-corrected chi connectivity index (χ2v) is 5.77. The van der Waals surface area contributed by atoms with Crippen LogP contribution in [0.15, 0.2) is 22.7 Å². The fraction of sp³-hybridized carbons (Fsp3) is 0.273. The van der Waals surface area contributed by atoms with Crippen LogP contribution in [0.3, 0.4) is 0 Å². The highest BCUT2D eigenvalue weighted by atomic mass is 79.9. The first-order valence-corrected chi connectivity index (χ1v) is 7.24. The van der Waals surface area contributed by atoms with E-state index in [1.165, 1.54) is 25.0 Å². The number of aryl methyl sites for hydroxylation is 1. The molecule has 0 nitrogen and oxygen atoms in total. The van der Waals surface area contributed by atoms with E-state index in [2.05, 4.69) is 57.0 Å². The minimum Gasteiger partial charge on any atom is -0.139 e.